The number of carboxylic acid groups (broad SMARTS) is 1. The van der Waals surface area contributed by atoms with E-state index in [1.807, 2.05) is 13.8 Å². The van der Waals surface area contributed by atoms with E-state index in [1.165, 1.54) is 12.1 Å². The Balaban J connectivity index is 2.16. The summed E-state index contributed by atoms with van der Waals surface area (Å²) in [6.07, 6.45) is -0.0287. The maximum atomic E-state index is 12.2. The summed E-state index contributed by atoms with van der Waals surface area (Å²) in [6, 6.07) is 2.62. The SMILES string of the molecule is C[C@@H]1CO[C@@H](C)CN1C(=O)c1ccc(C(=O)O)o1. The van der Waals surface area contributed by atoms with Crippen LogP contribution in [0.25, 0.3) is 0 Å². The van der Waals surface area contributed by atoms with Gasteiger partial charge in [0.1, 0.15) is 0 Å². The second-order valence-electron chi connectivity index (χ2n) is 4.42. The highest BCUT2D eigenvalue weighted by Crippen LogP contribution is 2.17. The number of furan rings is 1. The standard InChI is InChI=1S/C12H15NO5/c1-7-6-17-8(2)5-13(7)11(14)9-3-4-10(18-9)12(15)16/h3-4,7-8H,5-6H2,1-2H3,(H,15,16)/t7-,8+/m1/s1. The van der Waals surface area contributed by atoms with Gasteiger partial charge in [0.15, 0.2) is 5.76 Å². The maximum Gasteiger partial charge on any atom is 0.371 e. The smallest absolute Gasteiger partial charge is 0.371 e. The second kappa shape index (κ2) is 4.81. The van der Waals surface area contributed by atoms with Crippen molar-refractivity contribution in [2.24, 2.45) is 0 Å². The Morgan fingerprint density at radius 1 is 1.33 bits per heavy atom. The van der Waals surface area contributed by atoms with Crippen LogP contribution in [0.3, 0.4) is 0 Å². The molecule has 0 spiro atoms. The van der Waals surface area contributed by atoms with Gasteiger partial charge in [0.05, 0.1) is 18.8 Å². The number of ether oxygens (including phenoxy) is 1. The molecule has 1 amide bonds. The lowest BCUT2D eigenvalue weighted by molar-refractivity contribution is -0.0396. The van der Waals surface area contributed by atoms with E-state index in [0.29, 0.717) is 13.2 Å². The molecule has 0 aromatic carbocycles. The summed E-state index contributed by atoms with van der Waals surface area (Å²) in [5.41, 5.74) is 0. The van der Waals surface area contributed by atoms with Crippen LogP contribution in [0, 0.1) is 0 Å². The zero-order chi connectivity index (χ0) is 13.3. The molecule has 2 heterocycles. The average Bonchev–Trinajstić information content (AvgIpc) is 2.81. The molecule has 0 aliphatic carbocycles. The highest BCUT2D eigenvalue weighted by molar-refractivity contribution is 5.93. The summed E-state index contributed by atoms with van der Waals surface area (Å²) in [5, 5.41) is 8.75. The average molecular weight is 253 g/mol. The molecule has 1 aliphatic heterocycles. The van der Waals surface area contributed by atoms with Crippen molar-refractivity contribution in [3.05, 3.63) is 23.7 Å². The zero-order valence-electron chi connectivity index (χ0n) is 10.3. The molecule has 1 aromatic rings. The largest absolute Gasteiger partial charge is 0.475 e. The molecule has 2 rings (SSSR count). The van der Waals surface area contributed by atoms with Crippen molar-refractivity contribution in [1.82, 2.24) is 4.90 Å². The molecule has 1 aromatic heterocycles. The number of aromatic carboxylic acids is 1. The van der Waals surface area contributed by atoms with E-state index >= 15 is 0 Å². The van der Waals surface area contributed by atoms with E-state index in [1.54, 1.807) is 4.90 Å². The number of carboxylic acids is 1. The molecular weight excluding hydrogens is 238 g/mol. The van der Waals surface area contributed by atoms with Crippen LogP contribution in [0.4, 0.5) is 0 Å². The van der Waals surface area contributed by atoms with Gasteiger partial charge in [0, 0.05) is 6.54 Å². The van der Waals surface area contributed by atoms with E-state index in [4.69, 9.17) is 14.3 Å². The van der Waals surface area contributed by atoms with Gasteiger partial charge in [-0.1, -0.05) is 0 Å². The van der Waals surface area contributed by atoms with E-state index in [-0.39, 0.29) is 29.6 Å². The molecule has 0 saturated carbocycles. The number of carbonyl (C=O) groups excluding carboxylic acids is 1. The van der Waals surface area contributed by atoms with E-state index < -0.39 is 5.97 Å². The Labute approximate surface area is 104 Å². The molecule has 18 heavy (non-hydrogen) atoms. The normalized spacial score (nSPS) is 24.0. The van der Waals surface area contributed by atoms with Gasteiger partial charge in [-0.05, 0) is 26.0 Å². The Kier molecular flexibility index (Phi) is 3.38. The van der Waals surface area contributed by atoms with Gasteiger partial charge >= 0.3 is 5.97 Å². The molecule has 0 radical (unpaired) electrons. The van der Waals surface area contributed by atoms with Crippen molar-refractivity contribution in [3.8, 4) is 0 Å². The monoisotopic (exact) mass is 253 g/mol. The van der Waals surface area contributed by atoms with E-state index in [2.05, 4.69) is 0 Å². The topological polar surface area (TPSA) is 80.0 Å². The third kappa shape index (κ3) is 2.38. The number of hydrogen-bond acceptors (Lipinski definition) is 4. The number of carbonyl (C=O) groups is 2. The maximum absolute atomic E-state index is 12.2. The van der Waals surface area contributed by atoms with Gasteiger partial charge in [-0.25, -0.2) is 4.79 Å². The predicted octanol–water partition coefficient (Wildman–Crippen LogP) is 1.23. The Bertz CT molecular complexity index is 467. The summed E-state index contributed by atoms with van der Waals surface area (Å²) < 4.78 is 10.4. The highest BCUT2D eigenvalue weighted by atomic mass is 16.5. The Morgan fingerprint density at radius 3 is 2.61 bits per heavy atom. The van der Waals surface area contributed by atoms with Gasteiger partial charge in [0.2, 0.25) is 5.76 Å². The van der Waals surface area contributed by atoms with Crippen LogP contribution in [0.1, 0.15) is 35.0 Å². The molecule has 0 bridgehead atoms. The van der Waals surface area contributed by atoms with Gasteiger partial charge < -0.3 is 19.2 Å². The third-order valence-corrected chi connectivity index (χ3v) is 2.90. The minimum atomic E-state index is -1.18. The van der Waals surface area contributed by atoms with Crippen molar-refractivity contribution in [1.29, 1.82) is 0 Å². The first-order valence-corrected chi connectivity index (χ1v) is 5.74. The summed E-state index contributed by atoms with van der Waals surface area (Å²) in [5.74, 6) is -1.66. The van der Waals surface area contributed by atoms with Crippen LogP contribution >= 0.6 is 0 Å². The zero-order valence-corrected chi connectivity index (χ0v) is 10.3. The van der Waals surface area contributed by atoms with Gasteiger partial charge in [-0.2, -0.15) is 0 Å². The van der Waals surface area contributed by atoms with Crippen molar-refractivity contribution < 1.29 is 23.8 Å². The Hall–Kier alpha value is -1.82. The molecule has 2 atom stereocenters. The van der Waals surface area contributed by atoms with Crippen LogP contribution in [-0.4, -0.2) is 47.2 Å². The first-order chi connectivity index (χ1) is 8.49. The molecule has 0 unspecified atom stereocenters. The van der Waals surface area contributed by atoms with Gasteiger partial charge in [-0.3, -0.25) is 4.79 Å². The summed E-state index contributed by atoms with van der Waals surface area (Å²) in [7, 11) is 0. The fraction of sp³-hybridized carbons (Fsp3) is 0.500. The van der Waals surface area contributed by atoms with Crippen LogP contribution in [0.2, 0.25) is 0 Å². The minimum absolute atomic E-state index is 0.0287. The van der Waals surface area contributed by atoms with E-state index in [0.717, 1.165) is 0 Å². The lowest BCUT2D eigenvalue weighted by Gasteiger charge is -2.36. The Morgan fingerprint density at radius 2 is 2.00 bits per heavy atom. The van der Waals surface area contributed by atoms with Crippen molar-refractivity contribution in [3.63, 3.8) is 0 Å². The van der Waals surface area contributed by atoms with Crippen molar-refractivity contribution in [2.45, 2.75) is 26.0 Å². The van der Waals surface area contributed by atoms with Gasteiger partial charge in [-0.15, -0.1) is 0 Å². The van der Waals surface area contributed by atoms with Crippen molar-refractivity contribution in [2.75, 3.05) is 13.2 Å². The molecule has 98 valence electrons. The second-order valence-corrected chi connectivity index (χ2v) is 4.42. The summed E-state index contributed by atoms with van der Waals surface area (Å²) in [4.78, 5) is 24.5. The number of hydrogen-bond donors (Lipinski definition) is 1. The number of amides is 1. The number of nitrogens with zero attached hydrogens (tertiary/aromatic N) is 1. The summed E-state index contributed by atoms with van der Waals surface area (Å²) >= 11 is 0. The number of rotatable bonds is 2. The fourth-order valence-corrected chi connectivity index (χ4v) is 1.90. The minimum Gasteiger partial charge on any atom is -0.475 e. The van der Waals surface area contributed by atoms with Crippen LogP contribution < -0.4 is 0 Å². The molecular formula is C12H15NO5. The summed E-state index contributed by atoms with van der Waals surface area (Å²) in [6.45, 7) is 4.71. The molecule has 1 fully saturated rings. The fourth-order valence-electron chi connectivity index (χ4n) is 1.90. The van der Waals surface area contributed by atoms with Crippen LogP contribution in [-0.2, 0) is 4.74 Å². The van der Waals surface area contributed by atoms with Crippen LogP contribution in [0.15, 0.2) is 16.5 Å². The van der Waals surface area contributed by atoms with Crippen LogP contribution in [0.5, 0.6) is 0 Å². The predicted molar refractivity (Wildman–Crippen MR) is 61.6 cm³/mol. The number of morpholine rings is 1. The lowest BCUT2D eigenvalue weighted by Crippen LogP contribution is -2.50. The first kappa shape index (κ1) is 12.6. The molecule has 6 nitrogen and oxygen atoms in total. The van der Waals surface area contributed by atoms with Gasteiger partial charge in [0.25, 0.3) is 5.91 Å². The van der Waals surface area contributed by atoms with Crippen molar-refractivity contribution >= 4 is 11.9 Å². The quantitative estimate of drug-likeness (QED) is 0.857. The molecule has 6 heteroatoms. The third-order valence-electron chi connectivity index (χ3n) is 2.90. The molecule has 1 aliphatic rings. The first-order valence-electron chi connectivity index (χ1n) is 5.74. The highest BCUT2D eigenvalue weighted by Gasteiger charge is 2.30. The molecule has 1 saturated heterocycles. The molecule has 1 N–H and O–H groups in total. The lowest BCUT2D eigenvalue weighted by atomic mass is 10.2. The van der Waals surface area contributed by atoms with E-state index in [9.17, 15) is 9.59 Å².